The van der Waals surface area contributed by atoms with Crippen LogP contribution in [0.25, 0.3) is 11.3 Å². The second-order valence-corrected chi connectivity index (χ2v) is 6.32. The fraction of sp³-hybridized carbons (Fsp3) is 0.176. The number of halogens is 1. The molecule has 134 valence electrons. The number of anilines is 1. The smallest absolute Gasteiger partial charge is 0.226 e. The Bertz CT molecular complexity index is 920. The van der Waals surface area contributed by atoms with Gasteiger partial charge in [-0.2, -0.15) is 0 Å². The Balaban J connectivity index is 1.52. The van der Waals surface area contributed by atoms with Gasteiger partial charge in [0.05, 0.1) is 18.3 Å². The number of hydrogen-bond donors (Lipinski definition) is 2. The molecule has 0 saturated heterocycles. The molecule has 2 aromatic heterocycles. The van der Waals surface area contributed by atoms with E-state index in [1.54, 1.807) is 17.5 Å². The molecule has 0 aliphatic rings. The summed E-state index contributed by atoms with van der Waals surface area (Å²) in [5.41, 5.74) is 6.33. The molecule has 0 radical (unpaired) electrons. The van der Waals surface area contributed by atoms with Crippen LogP contribution in [-0.2, 0) is 22.4 Å². The van der Waals surface area contributed by atoms with Crippen molar-refractivity contribution in [2.75, 3.05) is 5.32 Å². The van der Waals surface area contributed by atoms with Gasteiger partial charge in [-0.1, -0.05) is 0 Å². The number of rotatable bonds is 7. The fourth-order valence-electron chi connectivity index (χ4n) is 2.20. The summed E-state index contributed by atoms with van der Waals surface area (Å²) < 4.78 is 18.5. The number of nitrogens with two attached hydrogens (primary N) is 1. The summed E-state index contributed by atoms with van der Waals surface area (Å²) in [6.45, 7) is 0. The largest absolute Gasteiger partial charge is 0.441 e. The number of benzene rings is 1. The van der Waals surface area contributed by atoms with Crippen LogP contribution in [0.1, 0.15) is 18.0 Å². The lowest BCUT2D eigenvalue weighted by Gasteiger charge is -2.00. The van der Waals surface area contributed by atoms with E-state index in [-0.39, 0.29) is 24.6 Å². The van der Waals surface area contributed by atoms with Crippen molar-refractivity contribution in [2.45, 2.75) is 19.3 Å². The van der Waals surface area contributed by atoms with Gasteiger partial charge in [-0.25, -0.2) is 14.4 Å². The standard InChI is InChI=1S/C17H15FN4O3S/c18-11-3-1-10(2-4-11)13-8-20-16(25-13)6-5-15(24)22-17-21-12(9-26-17)7-14(19)23/h1-4,8-9H,5-7H2,(H2,19,23)(H,21,22,24). The molecule has 2 amide bonds. The number of aryl methyl sites for hydroxylation is 1. The molecule has 9 heteroatoms. The van der Waals surface area contributed by atoms with Crippen LogP contribution >= 0.6 is 11.3 Å². The predicted molar refractivity (Wildman–Crippen MR) is 93.9 cm³/mol. The maximum absolute atomic E-state index is 12.9. The number of carbonyl (C=O) groups excluding carboxylic acids is 2. The van der Waals surface area contributed by atoms with Gasteiger partial charge in [-0.15, -0.1) is 11.3 Å². The van der Waals surface area contributed by atoms with Crippen molar-refractivity contribution >= 4 is 28.3 Å². The van der Waals surface area contributed by atoms with Crippen LogP contribution in [-0.4, -0.2) is 21.8 Å². The second-order valence-electron chi connectivity index (χ2n) is 5.46. The maximum atomic E-state index is 12.9. The number of thiazole rings is 1. The van der Waals surface area contributed by atoms with Crippen LogP contribution in [0, 0.1) is 5.82 Å². The number of carbonyl (C=O) groups is 2. The van der Waals surface area contributed by atoms with E-state index in [1.165, 1.54) is 29.7 Å². The van der Waals surface area contributed by atoms with Crippen molar-refractivity contribution in [3.8, 4) is 11.3 Å². The van der Waals surface area contributed by atoms with E-state index in [0.717, 1.165) is 0 Å². The van der Waals surface area contributed by atoms with E-state index >= 15 is 0 Å². The number of aromatic nitrogens is 2. The lowest BCUT2D eigenvalue weighted by atomic mass is 10.2. The number of amides is 2. The zero-order valence-electron chi connectivity index (χ0n) is 13.6. The van der Waals surface area contributed by atoms with Gasteiger partial charge < -0.3 is 15.5 Å². The molecular formula is C17H15FN4O3S. The molecule has 0 bridgehead atoms. The summed E-state index contributed by atoms with van der Waals surface area (Å²) in [4.78, 5) is 31.1. The van der Waals surface area contributed by atoms with Crippen LogP contribution in [0.15, 0.2) is 40.3 Å². The van der Waals surface area contributed by atoms with Gasteiger partial charge in [0.1, 0.15) is 5.82 Å². The molecule has 3 aromatic rings. The summed E-state index contributed by atoms with van der Waals surface area (Å²) in [7, 11) is 0. The highest BCUT2D eigenvalue weighted by Crippen LogP contribution is 2.21. The van der Waals surface area contributed by atoms with Crippen molar-refractivity contribution in [1.29, 1.82) is 0 Å². The third-order valence-corrected chi connectivity index (χ3v) is 4.21. The van der Waals surface area contributed by atoms with Crippen LogP contribution in [0.3, 0.4) is 0 Å². The Labute approximate surface area is 152 Å². The summed E-state index contributed by atoms with van der Waals surface area (Å²) in [5, 5.41) is 4.73. The molecule has 26 heavy (non-hydrogen) atoms. The fourth-order valence-corrected chi connectivity index (χ4v) is 2.93. The number of nitrogens with zero attached hydrogens (tertiary/aromatic N) is 2. The van der Waals surface area contributed by atoms with Gasteiger partial charge in [-0.3, -0.25) is 9.59 Å². The molecule has 0 atom stereocenters. The van der Waals surface area contributed by atoms with Crippen molar-refractivity contribution in [3.63, 3.8) is 0 Å². The minimum absolute atomic E-state index is 0.0366. The van der Waals surface area contributed by atoms with Gasteiger partial charge in [0.25, 0.3) is 0 Å². The first-order valence-electron chi connectivity index (χ1n) is 7.73. The molecule has 0 spiro atoms. The van der Waals surface area contributed by atoms with Crippen LogP contribution in [0.2, 0.25) is 0 Å². The number of nitrogens with one attached hydrogen (secondary N) is 1. The van der Waals surface area contributed by atoms with Gasteiger partial charge in [0, 0.05) is 23.8 Å². The Kier molecular flexibility index (Phi) is 5.37. The molecule has 0 aliphatic carbocycles. The first-order valence-corrected chi connectivity index (χ1v) is 8.61. The second kappa shape index (κ2) is 7.87. The zero-order valence-corrected chi connectivity index (χ0v) is 14.4. The summed E-state index contributed by atoms with van der Waals surface area (Å²) in [6.07, 6.45) is 2.05. The third kappa shape index (κ3) is 4.73. The van der Waals surface area contributed by atoms with E-state index in [9.17, 15) is 14.0 Å². The SMILES string of the molecule is NC(=O)Cc1csc(NC(=O)CCc2ncc(-c3ccc(F)cc3)o2)n1. The monoisotopic (exact) mass is 374 g/mol. The molecule has 3 rings (SSSR count). The molecule has 2 heterocycles. The molecule has 0 unspecified atom stereocenters. The molecule has 0 fully saturated rings. The highest BCUT2D eigenvalue weighted by atomic mass is 32.1. The van der Waals surface area contributed by atoms with E-state index < -0.39 is 5.91 Å². The highest BCUT2D eigenvalue weighted by Gasteiger charge is 2.11. The van der Waals surface area contributed by atoms with Gasteiger partial charge >= 0.3 is 0 Å². The predicted octanol–water partition coefficient (Wildman–Crippen LogP) is 2.54. The summed E-state index contributed by atoms with van der Waals surface area (Å²) in [5.74, 6) is -0.128. The zero-order chi connectivity index (χ0) is 18.5. The number of hydrogen-bond acceptors (Lipinski definition) is 6. The minimum Gasteiger partial charge on any atom is -0.441 e. The van der Waals surface area contributed by atoms with Gasteiger partial charge in [-0.05, 0) is 24.3 Å². The van der Waals surface area contributed by atoms with E-state index in [1.807, 2.05) is 0 Å². The normalized spacial score (nSPS) is 10.7. The molecule has 0 saturated carbocycles. The van der Waals surface area contributed by atoms with E-state index in [0.29, 0.717) is 34.5 Å². The molecule has 0 aliphatic heterocycles. The first kappa shape index (κ1) is 17.7. The van der Waals surface area contributed by atoms with Crippen molar-refractivity contribution in [3.05, 3.63) is 53.2 Å². The first-order chi connectivity index (χ1) is 12.5. The van der Waals surface area contributed by atoms with Crippen molar-refractivity contribution in [2.24, 2.45) is 5.73 Å². The lowest BCUT2D eigenvalue weighted by Crippen LogP contribution is -2.14. The molecular weight excluding hydrogens is 359 g/mol. The quantitative estimate of drug-likeness (QED) is 0.660. The lowest BCUT2D eigenvalue weighted by molar-refractivity contribution is -0.117. The number of primary amides is 1. The third-order valence-electron chi connectivity index (χ3n) is 3.40. The minimum atomic E-state index is -0.478. The van der Waals surface area contributed by atoms with E-state index in [2.05, 4.69) is 15.3 Å². The molecule has 7 nitrogen and oxygen atoms in total. The summed E-state index contributed by atoms with van der Waals surface area (Å²) in [6, 6.07) is 5.87. The molecule has 3 N–H and O–H groups in total. The number of oxazole rings is 1. The highest BCUT2D eigenvalue weighted by molar-refractivity contribution is 7.13. The van der Waals surface area contributed by atoms with Crippen molar-refractivity contribution < 1.29 is 18.4 Å². The van der Waals surface area contributed by atoms with Crippen LogP contribution in [0.4, 0.5) is 9.52 Å². The Morgan fingerprint density at radius 1 is 1.27 bits per heavy atom. The topological polar surface area (TPSA) is 111 Å². The Morgan fingerprint density at radius 2 is 2.04 bits per heavy atom. The van der Waals surface area contributed by atoms with E-state index in [4.69, 9.17) is 10.2 Å². The molecule has 1 aromatic carbocycles. The van der Waals surface area contributed by atoms with Gasteiger partial charge in [0.2, 0.25) is 11.8 Å². The van der Waals surface area contributed by atoms with Crippen LogP contribution < -0.4 is 11.1 Å². The van der Waals surface area contributed by atoms with Gasteiger partial charge in [0.15, 0.2) is 16.8 Å². The van der Waals surface area contributed by atoms with Crippen molar-refractivity contribution in [1.82, 2.24) is 9.97 Å². The average molecular weight is 374 g/mol. The Hall–Kier alpha value is -3.07. The average Bonchev–Trinajstić information content (AvgIpc) is 3.23. The summed E-state index contributed by atoms with van der Waals surface area (Å²) >= 11 is 1.22. The van der Waals surface area contributed by atoms with Crippen LogP contribution in [0.5, 0.6) is 0 Å². The maximum Gasteiger partial charge on any atom is 0.226 e. The Morgan fingerprint density at radius 3 is 2.77 bits per heavy atom.